The molecule has 1 aliphatic heterocycles. The van der Waals surface area contributed by atoms with Gasteiger partial charge in [0.2, 0.25) is 5.91 Å². The molecule has 0 bridgehead atoms. The van der Waals surface area contributed by atoms with Crippen LogP contribution in [0.15, 0.2) is 41.2 Å². The number of carbonyl (C=O) groups excluding carboxylic acids is 2. The Morgan fingerprint density at radius 2 is 1.11 bits per heavy atom. The first-order valence-corrected chi connectivity index (χ1v) is 22.5. The molecule has 0 aliphatic carbocycles. The van der Waals surface area contributed by atoms with E-state index >= 15 is 0 Å². The maximum absolute atomic E-state index is 13.2. The monoisotopic (exact) mass is 934 g/mol. The molecular formula is C45H70N6O15. The van der Waals surface area contributed by atoms with Crippen molar-refractivity contribution in [3.63, 3.8) is 0 Å². The van der Waals surface area contributed by atoms with Crippen LogP contribution < -0.4 is 11.1 Å². The highest BCUT2D eigenvalue weighted by Gasteiger charge is 2.22. The van der Waals surface area contributed by atoms with Crippen molar-refractivity contribution in [3.05, 3.63) is 47.6 Å². The Bertz CT molecular complexity index is 1700. The number of nitrogens with one attached hydrogen (secondary N) is 1. The van der Waals surface area contributed by atoms with Gasteiger partial charge in [-0.1, -0.05) is 19.1 Å². The molecule has 66 heavy (non-hydrogen) atoms. The number of ether oxygens (including phenoxy) is 10. The summed E-state index contributed by atoms with van der Waals surface area (Å²) in [6.45, 7) is 13.1. The Morgan fingerprint density at radius 3 is 1.55 bits per heavy atom. The Labute approximate surface area is 387 Å². The second-order valence-corrected chi connectivity index (χ2v) is 14.2. The Balaban J connectivity index is 1.08. The van der Waals surface area contributed by atoms with E-state index in [-0.39, 0.29) is 50.8 Å². The van der Waals surface area contributed by atoms with Crippen LogP contribution in [-0.4, -0.2) is 189 Å². The number of hydrogen-bond acceptors (Lipinski definition) is 18. The number of carbonyl (C=O) groups is 3. The summed E-state index contributed by atoms with van der Waals surface area (Å²) >= 11 is 0. The van der Waals surface area contributed by atoms with E-state index in [1.165, 1.54) is 5.06 Å². The van der Waals surface area contributed by atoms with Crippen molar-refractivity contribution in [2.75, 3.05) is 145 Å². The molecule has 0 radical (unpaired) electrons. The molecule has 0 fully saturated rings. The van der Waals surface area contributed by atoms with Gasteiger partial charge in [0.15, 0.2) is 0 Å². The third-order valence-corrected chi connectivity index (χ3v) is 8.97. The number of nitrogens with two attached hydrogens (primary N) is 1. The maximum Gasteiger partial charge on any atom is 0.305 e. The summed E-state index contributed by atoms with van der Waals surface area (Å²) in [5.41, 5.74) is 9.73. The molecule has 21 nitrogen and oxygen atoms in total. The standard InChI is InChI=1S/C45H70N6O15/c1-3-9-51(66-4-2)45(55)38-30-37-6-5-36(31-40(37)50-41(46)32-38)39-33-47-42(48-34-39)35-49-43(52)7-10-56-12-14-58-16-18-60-20-22-62-24-26-64-28-29-65-27-25-63-23-21-61-19-17-59-15-13-57-11-8-44(53)54/h5-6,30-31,33-34H,3-4,7-29,32,35H2,1-2H3,(H2,46,50)(H,49,52)(H,53,54). The van der Waals surface area contributed by atoms with Crippen molar-refractivity contribution in [1.82, 2.24) is 20.3 Å². The number of carboxylic acid groups (broad SMARTS) is 1. The number of aliphatic imine (C=N–C) groups is 1. The molecular weight excluding hydrogens is 865 g/mol. The second kappa shape index (κ2) is 36.6. The molecule has 1 aromatic heterocycles. The molecule has 0 saturated carbocycles. The summed E-state index contributed by atoms with van der Waals surface area (Å²) in [6, 6.07) is 5.68. The van der Waals surface area contributed by atoms with E-state index in [0.717, 1.165) is 23.1 Å². The first kappa shape index (κ1) is 55.8. The van der Waals surface area contributed by atoms with E-state index in [1.807, 2.05) is 38.1 Å². The van der Waals surface area contributed by atoms with Crippen LogP contribution >= 0.6 is 0 Å². The molecule has 0 unspecified atom stereocenters. The van der Waals surface area contributed by atoms with Gasteiger partial charge in [0.1, 0.15) is 11.7 Å². The highest BCUT2D eigenvalue weighted by molar-refractivity contribution is 6.05. The molecule has 1 aliphatic rings. The van der Waals surface area contributed by atoms with Crippen LogP contribution in [-0.2, 0) is 73.1 Å². The van der Waals surface area contributed by atoms with Crippen LogP contribution in [0.4, 0.5) is 5.69 Å². The molecule has 2 heterocycles. The predicted molar refractivity (Wildman–Crippen MR) is 242 cm³/mol. The summed E-state index contributed by atoms with van der Waals surface area (Å²) in [6.07, 6.45) is 6.34. The smallest absolute Gasteiger partial charge is 0.305 e. The van der Waals surface area contributed by atoms with Gasteiger partial charge in [-0.2, -0.15) is 0 Å². The largest absolute Gasteiger partial charge is 0.481 e. The third kappa shape index (κ3) is 26.0. The van der Waals surface area contributed by atoms with Gasteiger partial charge in [-0.25, -0.2) is 20.0 Å². The number of benzene rings is 1. The van der Waals surface area contributed by atoms with Crippen LogP contribution in [0.1, 0.15) is 50.9 Å². The molecule has 1 aromatic carbocycles. The number of nitrogens with zero attached hydrogens (tertiary/aromatic N) is 4. The first-order chi connectivity index (χ1) is 32.3. The minimum atomic E-state index is -0.883. The van der Waals surface area contributed by atoms with Crippen molar-refractivity contribution >= 4 is 35.4 Å². The number of hydrogen-bond donors (Lipinski definition) is 3. The highest BCUT2D eigenvalue weighted by atomic mass is 16.7. The number of carboxylic acids is 1. The van der Waals surface area contributed by atoms with E-state index in [4.69, 9.17) is 63.0 Å². The van der Waals surface area contributed by atoms with Crippen LogP contribution in [0.25, 0.3) is 17.2 Å². The number of rotatable bonds is 41. The molecule has 4 N–H and O–H groups in total. The normalized spacial score (nSPS) is 12.3. The zero-order valence-electron chi connectivity index (χ0n) is 38.6. The Morgan fingerprint density at radius 1 is 0.652 bits per heavy atom. The molecule has 21 heteroatoms. The van der Waals surface area contributed by atoms with Gasteiger partial charge in [-0.3, -0.25) is 19.2 Å². The quantitative estimate of drug-likeness (QED) is 0.0640. The lowest BCUT2D eigenvalue weighted by Crippen LogP contribution is -2.34. The summed E-state index contributed by atoms with van der Waals surface area (Å²) in [7, 11) is 0. The minimum absolute atomic E-state index is 0.0138. The van der Waals surface area contributed by atoms with Crippen molar-refractivity contribution in [2.45, 2.75) is 46.1 Å². The van der Waals surface area contributed by atoms with Crippen LogP contribution in [0.2, 0.25) is 0 Å². The SMILES string of the molecule is CCCN(OCC)C(=O)C1=Cc2ccc(-c3cnc(CNC(=O)CCOCCOCCOCCOCCOCCOCCOCCOCCOCCOCCC(=O)O)nc3)cc2N=C(N)C1. The molecule has 3 rings (SSSR count). The second-order valence-electron chi connectivity index (χ2n) is 14.2. The fraction of sp³-hybridized carbons (Fsp3) is 0.644. The van der Waals surface area contributed by atoms with Gasteiger partial charge >= 0.3 is 5.97 Å². The average molecular weight is 935 g/mol. The molecule has 0 saturated heterocycles. The van der Waals surface area contributed by atoms with Gasteiger partial charge < -0.3 is 63.5 Å². The molecule has 370 valence electrons. The average Bonchev–Trinajstić information content (AvgIpc) is 3.48. The van der Waals surface area contributed by atoms with Crippen LogP contribution in [0, 0.1) is 0 Å². The zero-order valence-corrected chi connectivity index (χ0v) is 38.6. The lowest BCUT2D eigenvalue weighted by molar-refractivity contribution is -0.180. The summed E-state index contributed by atoms with van der Waals surface area (Å²) in [4.78, 5) is 54.8. The molecule has 0 atom stereocenters. The van der Waals surface area contributed by atoms with Gasteiger partial charge in [0.05, 0.1) is 157 Å². The number of fused-ring (bicyclic) bond motifs is 1. The van der Waals surface area contributed by atoms with E-state index in [0.29, 0.717) is 155 Å². The van der Waals surface area contributed by atoms with Crippen molar-refractivity contribution < 1.29 is 71.7 Å². The maximum atomic E-state index is 13.2. The van der Waals surface area contributed by atoms with Gasteiger partial charge in [0.25, 0.3) is 5.91 Å². The topological polar surface area (TPSA) is 252 Å². The van der Waals surface area contributed by atoms with E-state index in [9.17, 15) is 14.4 Å². The fourth-order valence-electron chi connectivity index (χ4n) is 5.72. The fourth-order valence-corrected chi connectivity index (χ4v) is 5.72. The van der Waals surface area contributed by atoms with Crippen molar-refractivity contribution in [2.24, 2.45) is 10.7 Å². The Hall–Kier alpha value is -4.52. The number of amides is 2. The Kier molecular flexibility index (Phi) is 30.9. The predicted octanol–water partition coefficient (Wildman–Crippen LogP) is 2.76. The lowest BCUT2D eigenvalue weighted by Gasteiger charge is -2.21. The number of aliphatic carboxylic acids is 1. The third-order valence-electron chi connectivity index (χ3n) is 8.97. The summed E-state index contributed by atoms with van der Waals surface area (Å²) in [5.74, 6) is -0.494. The van der Waals surface area contributed by atoms with Gasteiger partial charge in [-0.15, -0.1) is 0 Å². The molecule has 2 aromatic rings. The van der Waals surface area contributed by atoms with Crippen molar-refractivity contribution in [1.29, 1.82) is 0 Å². The summed E-state index contributed by atoms with van der Waals surface area (Å²) < 4.78 is 54.3. The number of hydroxylamine groups is 2. The van der Waals surface area contributed by atoms with E-state index < -0.39 is 5.97 Å². The molecule has 2 amide bonds. The zero-order chi connectivity index (χ0) is 47.3. The van der Waals surface area contributed by atoms with Crippen LogP contribution in [0.5, 0.6) is 0 Å². The summed E-state index contributed by atoms with van der Waals surface area (Å²) in [5, 5.41) is 12.7. The number of amidine groups is 1. The first-order valence-electron chi connectivity index (χ1n) is 22.5. The highest BCUT2D eigenvalue weighted by Crippen LogP contribution is 2.31. The van der Waals surface area contributed by atoms with Gasteiger partial charge in [0, 0.05) is 48.5 Å². The van der Waals surface area contributed by atoms with E-state index in [2.05, 4.69) is 20.3 Å². The lowest BCUT2D eigenvalue weighted by atomic mass is 10.0. The van der Waals surface area contributed by atoms with E-state index in [1.54, 1.807) is 12.4 Å². The molecule has 0 spiro atoms. The van der Waals surface area contributed by atoms with Crippen LogP contribution in [0.3, 0.4) is 0 Å². The van der Waals surface area contributed by atoms with Gasteiger partial charge in [-0.05, 0) is 31.1 Å². The van der Waals surface area contributed by atoms with Crippen molar-refractivity contribution in [3.8, 4) is 11.1 Å². The minimum Gasteiger partial charge on any atom is -0.481 e. The number of aromatic nitrogens is 2.